The fourth-order valence-corrected chi connectivity index (χ4v) is 2.89. The van der Waals surface area contributed by atoms with Crippen molar-refractivity contribution in [3.8, 4) is 6.07 Å². The van der Waals surface area contributed by atoms with Crippen LogP contribution in [0.15, 0.2) is 29.6 Å². The van der Waals surface area contributed by atoms with E-state index in [4.69, 9.17) is 28.5 Å². The molecule has 0 unspecified atom stereocenters. The van der Waals surface area contributed by atoms with Crippen LogP contribution in [0.1, 0.15) is 5.56 Å². The number of halogens is 2. The third kappa shape index (κ3) is 2.41. The van der Waals surface area contributed by atoms with Gasteiger partial charge in [0, 0.05) is 0 Å². The van der Waals surface area contributed by atoms with Crippen LogP contribution in [-0.4, -0.2) is 9.97 Å². The first kappa shape index (κ1) is 13.1. The molecule has 4 nitrogen and oxygen atoms in total. The van der Waals surface area contributed by atoms with Gasteiger partial charge in [-0.25, -0.2) is 4.98 Å². The summed E-state index contributed by atoms with van der Waals surface area (Å²) in [5.41, 5.74) is 1.12. The predicted octanol–water partition coefficient (Wildman–Crippen LogP) is 4.61. The van der Waals surface area contributed by atoms with Crippen LogP contribution in [0.2, 0.25) is 10.3 Å². The standard InChI is InChI=1S/C13H6Cl2N4S/c14-9-2-1-7(6-16)5-10(9)17-11-8-3-4-20-12(8)19-13(15)18-11/h1-5H,(H,17,18,19). The second-order valence-corrected chi connectivity index (χ2v) is 5.55. The van der Waals surface area contributed by atoms with Gasteiger partial charge in [0.2, 0.25) is 5.28 Å². The van der Waals surface area contributed by atoms with Gasteiger partial charge in [-0.05, 0) is 41.2 Å². The SMILES string of the molecule is N#Cc1ccc(Cl)c(Nc2nc(Cl)nc3sccc23)c1. The molecule has 7 heteroatoms. The normalized spacial score (nSPS) is 10.4. The lowest BCUT2D eigenvalue weighted by Gasteiger charge is -2.09. The molecule has 0 bridgehead atoms. The number of nitriles is 1. The van der Waals surface area contributed by atoms with Crippen molar-refractivity contribution in [3.63, 3.8) is 0 Å². The van der Waals surface area contributed by atoms with Crippen LogP contribution >= 0.6 is 34.5 Å². The van der Waals surface area contributed by atoms with E-state index in [9.17, 15) is 0 Å². The van der Waals surface area contributed by atoms with Crippen LogP contribution in [0.4, 0.5) is 11.5 Å². The second kappa shape index (κ2) is 5.25. The summed E-state index contributed by atoms with van der Waals surface area (Å²) in [6.07, 6.45) is 0. The fraction of sp³-hybridized carbons (Fsp3) is 0. The summed E-state index contributed by atoms with van der Waals surface area (Å²) in [7, 11) is 0. The Morgan fingerprint density at radius 1 is 1.20 bits per heavy atom. The molecule has 0 aliphatic carbocycles. The molecule has 0 saturated carbocycles. The number of nitrogens with one attached hydrogen (secondary N) is 1. The molecule has 2 aromatic heterocycles. The second-order valence-electron chi connectivity index (χ2n) is 3.91. The first-order chi connectivity index (χ1) is 9.67. The maximum atomic E-state index is 8.94. The van der Waals surface area contributed by atoms with E-state index in [1.54, 1.807) is 18.2 Å². The van der Waals surface area contributed by atoms with Crippen molar-refractivity contribution in [2.75, 3.05) is 5.32 Å². The Labute approximate surface area is 128 Å². The number of hydrogen-bond donors (Lipinski definition) is 1. The van der Waals surface area contributed by atoms with E-state index < -0.39 is 0 Å². The largest absolute Gasteiger partial charge is 0.338 e. The van der Waals surface area contributed by atoms with Gasteiger partial charge in [-0.1, -0.05) is 11.6 Å². The maximum Gasteiger partial charge on any atom is 0.225 e. The highest BCUT2D eigenvalue weighted by atomic mass is 35.5. The minimum Gasteiger partial charge on any atom is -0.338 e. The van der Waals surface area contributed by atoms with Crippen LogP contribution < -0.4 is 5.32 Å². The monoisotopic (exact) mass is 320 g/mol. The van der Waals surface area contributed by atoms with Gasteiger partial charge in [0.05, 0.1) is 27.7 Å². The average molecular weight is 321 g/mol. The van der Waals surface area contributed by atoms with Gasteiger partial charge in [-0.2, -0.15) is 10.2 Å². The van der Waals surface area contributed by atoms with Crippen molar-refractivity contribution < 1.29 is 0 Å². The summed E-state index contributed by atoms with van der Waals surface area (Å²) in [6, 6.07) is 8.95. The summed E-state index contributed by atoms with van der Waals surface area (Å²) in [5.74, 6) is 0.568. The molecule has 1 aromatic carbocycles. The molecule has 0 radical (unpaired) electrons. The number of nitrogens with zero attached hydrogens (tertiary/aromatic N) is 3. The number of anilines is 2. The van der Waals surface area contributed by atoms with E-state index in [2.05, 4.69) is 21.4 Å². The Morgan fingerprint density at radius 3 is 2.85 bits per heavy atom. The first-order valence-electron chi connectivity index (χ1n) is 5.55. The maximum absolute atomic E-state index is 8.94. The minimum absolute atomic E-state index is 0.162. The molecular weight excluding hydrogens is 315 g/mol. The Bertz CT molecular complexity index is 838. The van der Waals surface area contributed by atoms with Crippen molar-refractivity contribution in [3.05, 3.63) is 45.5 Å². The molecule has 0 spiro atoms. The Balaban J connectivity index is 2.09. The lowest BCUT2D eigenvalue weighted by molar-refractivity contribution is 1.23. The smallest absolute Gasteiger partial charge is 0.225 e. The van der Waals surface area contributed by atoms with Gasteiger partial charge < -0.3 is 5.32 Å². The quantitative estimate of drug-likeness (QED) is 0.700. The van der Waals surface area contributed by atoms with Crippen LogP contribution in [-0.2, 0) is 0 Å². The predicted molar refractivity (Wildman–Crippen MR) is 81.9 cm³/mol. The molecule has 3 rings (SSSR count). The van der Waals surface area contributed by atoms with Gasteiger partial charge in [0.1, 0.15) is 10.6 Å². The number of hydrogen-bond acceptors (Lipinski definition) is 5. The Morgan fingerprint density at radius 2 is 2.05 bits per heavy atom. The van der Waals surface area contributed by atoms with Crippen molar-refractivity contribution in [1.82, 2.24) is 9.97 Å². The number of aromatic nitrogens is 2. The topological polar surface area (TPSA) is 61.6 Å². The highest BCUT2D eigenvalue weighted by molar-refractivity contribution is 7.16. The fourth-order valence-electron chi connectivity index (χ4n) is 1.74. The van der Waals surface area contributed by atoms with Gasteiger partial charge in [0.15, 0.2) is 0 Å². The zero-order chi connectivity index (χ0) is 14.1. The van der Waals surface area contributed by atoms with Gasteiger partial charge >= 0.3 is 0 Å². The molecule has 2 heterocycles. The summed E-state index contributed by atoms with van der Waals surface area (Å²) >= 11 is 13.5. The molecule has 20 heavy (non-hydrogen) atoms. The molecule has 0 fully saturated rings. The Hall–Kier alpha value is -1.87. The van der Waals surface area contributed by atoms with E-state index >= 15 is 0 Å². The van der Waals surface area contributed by atoms with Crippen molar-refractivity contribution >= 4 is 56.3 Å². The Kier molecular flexibility index (Phi) is 3.45. The van der Waals surface area contributed by atoms with E-state index in [0.717, 1.165) is 10.2 Å². The molecular formula is C13H6Cl2N4S. The molecule has 3 aromatic rings. The van der Waals surface area contributed by atoms with E-state index in [1.165, 1.54) is 11.3 Å². The summed E-state index contributed by atoms with van der Waals surface area (Å²) in [4.78, 5) is 9.11. The van der Waals surface area contributed by atoms with Crippen molar-refractivity contribution in [2.45, 2.75) is 0 Å². The summed E-state index contributed by atoms with van der Waals surface area (Å²) < 4.78 is 0. The molecule has 1 N–H and O–H groups in total. The molecule has 0 saturated heterocycles. The molecule has 0 atom stereocenters. The highest BCUT2D eigenvalue weighted by Crippen LogP contribution is 2.31. The van der Waals surface area contributed by atoms with E-state index in [-0.39, 0.29) is 5.28 Å². The number of benzene rings is 1. The number of thiophene rings is 1. The lowest BCUT2D eigenvalue weighted by atomic mass is 10.2. The highest BCUT2D eigenvalue weighted by Gasteiger charge is 2.10. The third-order valence-electron chi connectivity index (χ3n) is 2.65. The van der Waals surface area contributed by atoms with Crippen LogP contribution in [0, 0.1) is 11.3 Å². The average Bonchev–Trinajstić information content (AvgIpc) is 2.89. The first-order valence-corrected chi connectivity index (χ1v) is 7.18. The van der Waals surface area contributed by atoms with Crippen LogP contribution in [0.3, 0.4) is 0 Å². The zero-order valence-corrected chi connectivity index (χ0v) is 12.2. The van der Waals surface area contributed by atoms with E-state index in [0.29, 0.717) is 22.1 Å². The summed E-state index contributed by atoms with van der Waals surface area (Å²) in [5, 5.41) is 15.5. The number of fused-ring (bicyclic) bond motifs is 1. The van der Waals surface area contributed by atoms with E-state index in [1.807, 2.05) is 11.4 Å². The van der Waals surface area contributed by atoms with Gasteiger partial charge in [-0.15, -0.1) is 11.3 Å². The van der Waals surface area contributed by atoms with Crippen molar-refractivity contribution in [2.24, 2.45) is 0 Å². The lowest BCUT2D eigenvalue weighted by Crippen LogP contribution is -1.97. The minimum atomic E-state index is 0.162. The van der Waals surface area contributed by atoms with Crippen molar-refractivity contribution in [1.29, 1.82) is 5.26 Å². The van der Waals surface area contributed by atoms with Gasteiger partial charge in [-0.3, -0.25) is 0 Å². The van der Waals surface area contributed by atoms with Crippen LogP contribution in [0.25, 0.3) is 10.2 Å². The molecule has 0 amide bonds. The molecule has 0 aliphatic heterocycles. The zero-order valence-electron chi connectivity index (χ0n) is 9.89. The molecule has 98 valence electrons. The third-order valence-corrected chi connectivity index (χ3v) is 3.95. The molecule has 0 aliphatic rings. The number of rotatable bonds is 2. The van der Waals surface area contributed by atoms with Crippen LogP contribution in [0.5, 0.6) is 0 Å². The van der Waals surface area contributed by atoms with Gasteiger partial charge in [0.25, 0.3) is 0 Å². The summed E-state index contributed by atoms with van der Waals surface area (Å²) in [6.45, 7) is 0.